The van der Waals surface area contributed by atoms with E-state index in [0.29, 0.717) is 10.9 Å². The molecular formula is C10H12N2OS2. The van der Waals surface area contributed by atoms with Crippen molar-refractivity contribution in [2.24, 2.45) is 0 Å². The maximum absolute atomic E-state index is 12.1. The Kier molecular flexibility index (Phi) is 3.64. The summed E-state index contributed by atoms with van der Waals surface area (Å²) < 4.78 is 0. The molecule has 2 heterocycles. The van der Waals surface area contributed by atoms with Crippen LogP contribution in [0.25, 0.3) is 0 Å². The molecule has 80 valence electrons. The number of hydrogen-bond acceptors (Lipinski definition) is 5. The van der Waals surface area contributed by atoms with Crippen molar-refractivity contribution >= 4 is 29.3 Å². The van der Waals surface area contributed by atoms with Crippen molar-refractivity contribution in [3.63, 3.8) is 0 Å². The Morgan fingerprint density at radius 3 is 2.87 bits per heavy atom. The first-order chi connectivity index (χ1) is 7.29. The monoisotopic (exact) mass is 240 g/mol. The summed E-state index contributed by atoms with van der Waals surface area (Å²) in [5.74, 6) is 2.30. The van der Waals surface area contributed by atoms with Gasteiger partial charge in [-0.2, -0.15) is 11.8 Å². The first-order valence-corrected chi connectivity index (χ1v) is 6.92. The molecule has 0 N–H and O–H groups in total. The largest absolute Gasteiger partial charge is 0.291 e. The van der Waals surface area contributed by atoms with Crippen LogP contribution in [0.1, 0.15) is 17.4 Å². The molecule has 0 amide bonds. The Bertz CT molecular complexity index is 345. The Balaban J connectivity index is 2.13. The van der Waals surface area contributed by atoms with Crippen LogP contribution in [-0.4, -0.2) is 37.8 Å². The van der Waals surface area contributed by atoms with Crippen molar-refractivity contribution in [2.75, 3.05) is 11.5 Å². The summed E-state index contributed by atoms with van der Waals surface area (Å²) in [4.78, 5) is 20.1. The fraction of sp³-hybridized carbons (Fsp3) is 0.500. The fourth-order valence-corrected chi connectivity index (χ4v) is 4.20. The van der Waals surface area contributed by atoms with E-state index in [2.05, 4.69) is 16.9 Å². The van der Waals surface area contributed by atoms with Gasteiger partial charge >= 0.3 is 0 Å². The molecule has 0 spiro atoms. The second kappa shape index (κ2) is 4.99. The standard InChI is InChI=1S/C10H12N2OS2/c1-7-10(15-5-4-14-7)9(13)8-6-11-2-3-12-8/h2-3,6-7,10H,4-5H2,1H3. The Hall–Kier alpha value is -0.550. The molecule has 2 unspecified atom stereocenters. The number of rotatable bonds is 2. The van der Waals surface area contributed by atoms with Crippen molar-refractivity contribution in [1.29, 1.82) is 0 Å². The summed E-state index contributed by atoms with van der Waals surface area (Å²) in [6, 6.07) is 0. The smallest absolute Gasteiger partial charge is 0.196 e. The highest BCUT2D eigenvalue weighted by atomic mass is 32.2. The van der Waals surface area contributed by atoms with Gasteiger partial charge in [0.2, 0.25) is 0 Å². The molecule has 1 fully saturated rings. The van der Waals surface area contributed by atoms with Gasteiger partial charge in [0.1, 0.15) is 5.69 Å². The van der Waals surface area contributed by atoms with Crippen LogP contribution in [0.5, 0.6) is 0 Å². The van der Waals surface area contributed by atoms with Crippen LogP contribution in [-0.2, 0) is 0 Å². The normalized spacial score (nSPS) is 26.2. The lowest BCUT2D eigenvalue weighted by Crippen LogP contribution is -2.31. The number of carbonyl (C=O) groups excluding carboxylic acids is 1. The van der Waals surface area contributed by atoms with E-state index in [1.165, 1.54) is 0 Å². The van der Waals surface area contributed by atoms with Crippen LogP contribution in [0.2, 0.25) is 0 Å². The quantitative estimate of drug-likeness (QED) is 0.739. The predicted octanol–water partition coefficient (Wildman–Crippen LogP) is 1.90. The van der Waals surface area contributed by atoms with Crippen molar-refractivity contribution in [2.45, 2.75) is 17.4 Å². The third kappa shape index (κ3) is 2.52. The highest BCUT2D eigenvalue weighted by molar-refractivity contribution is 8.07. The Morgan fingerprint density at radius 2 is 2.20 bits per heavy atom. The molecular weight excluding hydrogens is 228 g/mol. The van der Waals surface area contributed by atoms with Gasteiger partial charge in [-0.25, -0.2) is 4.98 Å². The van der Waals surface area contributed by atoms with Gasteiger partial charge in [0, 0.05) is 29.1 Å². The van der Waals surface area contributed by atoms with Crippen LogP contribution in [0.3, 0.4) is 0 Å². The second-order valence-corrected chi connectivity index (χ2v) is 6.06. The van der Waals surface area contributed by atoms with E-state index in [1.54, 1.807) is 30.4 Å². The van der Waals surface area contributed by atoms with E-state index in [4.69, 9.17) is 0 Å². The number of ketones is 1. The lowest BCUT2D eigenvalue weighted by Gasteiger charge is -2.26. The third-order valence-electron chi connectivity index (χ3n) is 2.26. The number of hydrogen-bond donors (Lipinski definition) is 0. The van der Waals surface area contributed by atoms with Gasteiger partial charge < -0.3 is 0 Å². The van der Waals surface area contributed by atoms with Crippen LogP contribution < -0.4 is 0 Å². The van der Waals surface area contributed by atoms with Gasteiger partial charge in [-0.15, -0.1) is 11.8 Å². The average molecular weight is 240 g/mol. The molecule has 2 rings (SSSR count). The molecule has 1 saturated heterocycles. The van der Waals surface area contributed by atoms with Crippen LogP contribution >= 0.6 is 23.5 Å². The highest BCUT2D eigenvalue weighted by Gasteiger charge is 2.30. The number of carbonyl (C=O) groups is 1. The van der Waals surface area contributed by atoms with Crippen molar-refractivity contribution in [3.8, 4) is 0 Å². The van der Waals surface area contributed by atoms with E-state index in [1.807, 2.05) is 11.8 Å². The lowest BCUT2D eigenvalue weighted by molar-refractivity contribution is 0.0984. The summed E-state index contributed by atoms with van der Waals surface area (Å²) in [5, 5.41) is 0.415. The van der Waals surface area contributed by atoms with E-state index in [-0.39, 0.29) is 11.0 Å². The Morgan fingerprint density at radius 1 is 1.40 bits per heavy atom. The minimum absolute atomic E-state index is 0.0421. The summed E-state index contributed by atoms with van der Waals surface area (Å²) in [6.45, 7) is 2.11. The fourth-order valence-electron chi connectivity index (χ4n) is 1.49. The summed E-state index contributed by atoms with van der Waals surface area (Å²) in [7, 11) is 0. The molecule has 0 saturated carbocycles. The maximum Gasteiger partial charge on any atom is 0.196 e. The second-order valence-electron chi connectivity index (χ2n) is 3.32. The number of nitrogens with zero attached hydrogens (tertiary/aromatic N) is 2. The van der Waals surface area contributed by atoms with Gasteiger partial charge in [-0.3, -0.25) is 9.78 Å². The summed E-state index contributed by atoms with van der Waals surface area (Å²) in [6.07, 6.45) is 4.70. The van der Waals surface area contributed by atoms with Crippen molar-refractivity contribution in [3.05, 3.63) is 24.3 Å². The van der Waals surface area contributed by atoms with E-state index >= 15 is 0 Å². The van der Waals surface area contributed by atoms with Crippen LogP contribution in [0.4, 0.5) is 0 Å². The minimum atomic E-state index is 0.0421. The first-order valence-electron chi connectivity index (χ1n) is 4.82. The van der Waals surface area contributed by atoms with Gasteiger partial charge in [-0.1, -0.05) is 6.92 Å². The minimum Gasteiger partial charge on any atom is -0.291 e. The highest BCUT2D eigenvalue weighted by Crippen LogP contribution is 2.32. The van der Waals surface area contributed by atoms with Crippen LogP contribution in [0.15, 0.2) is 18.6 Å². The predicted molar refractivity (Wildman–Crippen MR) is 64.5 cm³/mol. The van der Waals surface area contributed by atoms with Gasteiger partial charge in [-0.05, 0) is 0 Å². The SMILES string of the molecule is CC1SCCSC1C(=O)c1cnccn1. The molecule has 5 heteroatoms. The van der Waals surface area contributed by atoms with Crippen LogP contribution in [0, 0.1) is 0 Å². The molecule has 0 aromatic carbocycles. The number of aromatic nitrogens is 2. The molecule has 3 nitrogen and oxygen atoms in total. The molecule has 1 aromatic rings. The molecule has 0 radical (unpaired) electrons. The first kappa shape index (κ1) is 11.0. The number of thioether (sulfide) groups is 2. The summed E-state index contributed by atoms with van der Waals surface area (Å²) in [5.41, 5.74) is 0.490. The average Bonchev–Trinajstić information content (AvgIpc) is 2.30. The van der Waals surface area contributed by atoms with E-state index in [0.717, 1.165) is 11.5 Å². The van der Waals surface area contributed by atoms with Crippen molar-refractivity contribution < 1.29 is 4.79 Å². The molecule has 1 aromatic heterocycles. The van der Waals surface area contributed by atoms with Gasteiger partial charge in [0.05, 0.1) is 11.4 Å². The molecule has 0 bridgehead atoms. The van der Waals surface area contributed by atoms with Crippen molar-refractivity contribution in [1.82, 2.24) is 9.97 Å². The Labute approximate surface area is 97.5 Å². The molecule has 1 aliphatic heterocycles. The zero-order valence-electron chi connectivity index (χ0n) is 8.42. The topological polar surface area (TPSA) is 42.9 Å². The van der Waals surface area contributed by atoms with E-state index in [9.17, 15) is 4.79 Å². The van der Waals surface area contributed by atoms with E-state index < -0.39 is 0 Å². The molecule has 1 aliphatic rings. The third-order valence-corrected chi connectivity index (χ3v) is 5.35. The number of Topliss-reactive ketones (excluding diaryl/α,β-unsaturated/α-hetero) is 1. The van der Waals surface area contributed by atoms with Gasteiger partial charge in [0.25, 0.3) is 0 Å². The summed E-state index contributed by atoms with van der Waals surface area (Å²) >= 11 is 3.60. The zero-order valence-corrected chi connectivity index (χ0v) is 10.1. The lowest BCUT2D eigenvalue weighted by atomic mass is 10.2. The maximum atomic E-state index is 12.1. The molecule has 0 aliphatic carbocycles. The molecule has 2 atom stereocenters. The zero-order chi connectivity index (χ0) is 10.7. The van der Waals surface area contributed by atoms with Gasteiger partial charge in [0.15, 0.2) is 5.78 Å². The molecule has 15 heavy (non-hydrogen) atoms.